The monoisotopic (exact) mass is 777 g/mol. The molecule has 2 aliphatic rings. The zero-order valence-electron chi connectivity index (χ0n) is 31.0. The molecule has 2 aliphatic heterocycles. The third kappa shape index (κ3) is 8.09. The fourth-order valence-corrected chi connectivity index (χ4v) is 8.39. The summed E-state index contributed by atoms with van der Waals surface area (Å²) in [5.74, 6) is 1.21. The Balaban J connectivity index is 0.00000497. The zero-order valence-corrected chi connectivity index (χ0v) is 32.6. The number of benzene rings is 3. The number of carbonyl (C=O) groups excluding carboxylic acids is 1. The molecular weight excluding hydrogens is 730 g/mol. The maximum atomic E-state index is 14.3. The van der Waals surface area contributed by atoms with Gasteiger partial charge in [-0.25, -0.2) is 13.4 Å². The number of imidazole rings is 1. The summed E-state index contributed by atoms with van der Waals surface area (Å²) in [7, 11) is -2.20. The molecule has 0 N–H and O–H groups in total. The Morgan fingerprint density at radius 1 is 0.944 bits per heavy atom. The number of likely N-dealkylation sites (tertiary alicyclic amines) is 1. The molecular formula is C38H48ClN9O5S. The number of nitrogens with zero attached hydrogens (tertiary/aromatic N) is 9. The number of aromatic nitrogens is 6. The van der Waals surface area contributed by atoms with Crippen molar-refractivity contribution in [2.24, 2.45) is 0 Å². The van der Waals surface area contributed by atoms with E-state index in [0.717, 1.165) is 86.5 Å². The van der Waals surface area contributed by atoms with Gasteiger partial charge in [0.2, 0.25) is 15.8 Å². The Kier molecular flexibility index (Phi) is 12.2. The highest BCUT2D eigenvalue weighted by molar-refractivity contribution is 7.90. The van der Waals surface area contributed by atoms with Crippen molar-refractivity contribution in [1.29, 1.82) is 0 Å². The number of para-hydroxylation sites is 2. The number of hydrogen-bond acceptors (Lipinski definition) is 11. The second-order valence-electron chi connectivity index (χ2n) is 13.8. The molecule has 0 saturated carbocycles. The van der Waals surface area contributed by atoms with Crippen molar-refractivity contribution in [3.05, 3.63) is 83.9 Å². The number of ether oxygens (including phenoxy) is 2. The maximum Gasteiger partial charge on any atom is 0.272 e. The highest BCUT2D eigenvalue weighted by atomic mass is 35.5. The van der Waals surface area contributed by atoms with Crippen molar-refractivity contribution in [3.8, 4) is 11.4 Å². The largest absolute Gasteiger partial charge is 0.496 e. The highest BCUT2D eigenvalue weighted by Crippen LogP contribution is 2.39. The Labute approximate surface area is 322 Å². The molecule has 0 aliphatic carbocycles. The van der Waals surface area contributed by atoms with Crippen LogP contribution in [-0.2, 0) is 26.5 Å². The van der Waals surface area contributed by atoms with Crippen LogP contribution in [0.25, 0.3) is 16.7 Å². The molecule has 14 nitrogen and oxygen atoms in total. The fourth-order valence-electron chi connectivity index (χ4n) is 7.75. The summed E-state index contributed by atoms with van der Waals surface area (Å²) >= 11 is 0. The Morgan fingerprint density at radius 3 is 2.52 bits per heavy atom. The summed E-state index contributed by atoms with van der Waals surface area (Å²) in [5, 5.41) is 10.8. The van der Waals surface area contributed by atoms with E-state index in [2.05, 4.69) is 72.4 Å². The molecule has 0 spiro atoms. The minimum absolute atomic E-state index is 0. The second-order valence-corrected chi connectivity index (χ2v) is 15.7. The van der Waals surface area contributed by atoms with E-state index < -0.39 is 9.84 Å². The standard InChI is InChI=1S/C38H47N9O5S.ClH/c1-4-52-26-25-46-33-14-9-8-13-32(33)39-36(46)44-20-10-19-43(23-24-44)21-17-38(29-11-6-5-7-12-29)18-22-45(28-38)35(48)31-27-30(15-16-34(31)51-2)47-37(40-41-42-47)53(3,49)50;/h5-9,11-16,27H,4,10,17-26,28H2,1-3H3;1H. The third-order valence-corrected chi connectivity index (χ3v) is 11.5. The number of fused-ring (bicyclic) bond motifs is 1. The first-order chi connectivity index (χ1) is 25.7. The van der Waals surface area contributed by atoms with Gasteiger partial charge in [0.15, 0.2) is 0 Å². The Hall–Kier alpha value is -4.57. The third-order valence-electron chi connectivity index (χ3n) is 10.5. The molecule has 3 aromatic carbocycles. The van der Waals surface area contributed by atoms with Crippen LogP contribution in [0.3, 0.4) is 0 Å². The zero-order chi connectivity index (χ0) is 37.0. The first-order valence-corrected chi connectivity index (χ1v) is 20.1. The van der Waals surface area contributed by atoms with Crippen LogP contribution in [0.1, 0.15) is 42.1 Å². The van der Waals surface area contributed by atoms with Crippen LogP contribution < -0.4 is 9.64 Å². The minimum atomic E-state index is -3.71. The van der Waals surface area contributed by atoms with Crippen LogP contribution in [0, 0.1) is 0 Å². The number of halogens is 1. The van der Waals surface area contributed by atoms with Crippen molar-refractivity contribution in [1.82, 2.24) is 39.6 Å². The van der Waals surface area contributed by atoms with Crippen molar-refractivity contribution in [3.63, 3.8) is 0 Å². The molecule has 5 aromatic rings. The normalized spacial score (nSPS) is 18.1. The number of rotatable bonds is 13. The van der Waals surface area contributed by atoms with Crippen LogP contribution >= 0.6 is 12.4 Å². The molecule has 2 aromatic heterocycles. The summed E-state index contributed by atoms with van der Waals surface area (Å²) in [6.07, 6.45) is 3.78. The molecule has 54 heavy (non-hydrogen) atoms. The summed E-state index contributed by atoms with van der Waals surface area (Å²) in [6, 6.07) is 23.7. The van der Waals surface area contributed by atoms with E-state index in [1.807, 2.05) is 24.0 Å². The summed E-state index contributed by atoms with van der Waals surface area (Å²) < 4.78 is 39.4. The smallest absolute Gasteiger partial charge is 0.272 e. The van der Waals surface area contributed by atoms with Gasteiger partial charge < -0.3 is 28.7 Å². The van der Waals surface area contributed by atoms with Gasteiger partial charge in [-0.2, -0.15) is 4.68 Å². The number of tetrazole rings is 1. The highest BCUT2D eigenvalue weighted by Gasteiger charge is 2.42. The molecule has 4 heterocycles. The molecule has 2 saturated heterocycles. The molecule has 2 fully saturated rings. The molecule has 1 unspecified atom stereocenters. The average Bonchev–Trinajstić information content (AvgIpc) is 3.89. The van der Waals surface area contributed by atoms with E-state index in [0.29, 0.717) is 43.3 Å². The van der Waals surface area contributed by atoms with Gasteiger partial charge in [-0.1, -0.05) is 47.6 Å². The molecule has 0 bridgehead atoms. The molecule has 1 amide bonds. The lowest BCUT2D eigenvalue weighted by atomic mass is 9.76. The van der Waals surface area contributed by atoms with Gasteiger partial charge in [0.25, 0.3) is 11.1 Å². The van der Waals surface area contributed by atoms with Gasteiger partial charge in [-0.3, -0.25) is 4.79 Å². The van der Waals surface area contributed by atoms with E-state index >= 15 is 0 Å². The second kappa shape index (κ2) is 16.8. The van der Waals surface area contributed by atoms with Gasteiger partial charge in [0, 0.05) is 57.5 Å². The fraction of sp³-hybridized carbons (Fsp3) is 0.447. The van der Waals surface area contributed by atoms with Crippen LogP contribution in [0.4, 0.5) is 5.95 Å². The van der Waals surface area contributed by atoms with Gasteiger partial charge in [0.05, 0.1) is 36.0 Å². The molecule has 16 heteroatoms. The summed E-state index contributed by atoms with van der Waals surface area (Å²) in [5.41, 5.74) is 3.80. The first kappa shape index (κ1) is 39.1. The lowest BCUT2D eigenvalue weighted by molar-refractivity contribution is 0.0777. The minimum Gasteiger partial charge on any atom is -0.496 e. The maximum absolute atomic E-state index is 14.3. The first-order valence-electron chi connectivity index (χ1n) is 18.2. The summed E-state index contributed by atoms with van der Waals surface area (Å²) in [6.45, 7) is 9.84. The van der Waals surface area contributed by atoms with Crippen LogP contribution in [0.2, 0.25) is 0 Å². The number of anilines is 1. The van der Waals surface area contributed by atoms with Crippen LogP contribution in [-0.4, -0.2) is 126 Å². The Bertz CT molecular complexity index is 2160. The van der Waals surface area contributed by atoms with Crippen molar-refractivity contribution in [2.45, 2.75) is 43.3 Å². The van der Waals surface area contributed by atoms with Crippen LogP contribution in [0.5, 0.6) is 5.75 Å². The van der Waals surface area contributed by atoms with Crippen LogP contribution in [0.15, 0.2) is 78.0 Å². The van der Waals surface area contributed by atoms with E-state index in [1.54, 1.807) is 18.2 Å². The number of amides is 1. The predicted molar refractivity (Wildman–Crippen MR) is 209 cm³/mol. The predicted octanol–water partition coefficient (Wildman–Crippen LogP) is 4.27. The SMILES string of the molecule is CCOCCn1c(N2CCCN(CCC3(c4ccccc4)CCN(C(=O)c4cc(-n5nnnc5S(C)(=O)=O)ccc4OC)C3)CC2)nc2ccccc21.Cl. The van der Waals surface area contributed by atoms with Gasteiger partial charge in [-0.15, -0.1) is 12.4 Å². The van der Waals surface area contributed by atoms with Crippen molar-refractivity contribution < 1.29 is 22.7 Å². The number of carbonyl (C=O) groups is 1. The average molecular weight is 778 g/mol. The number of methoxy groups -OCH3 is 1. The van der Waals surface area contributed by atoms with E-state index in [9.17, 15) is 13.2 Å². The lowest BCUT2D eigenvalue weighted by Gasteiger charge is -2.33. The quantitative estimate of drug-likeness (QED) is 0.158. The van der Waals surface area contributed by atoms with Gasteiger partial charge in [-0.05, 0) is 85.6 Å². The summed E-state index contributed by atoms with van der Waals surface area (Å²) in [4.78, 5) is 26.2. The topological polar surface area (TPSA) is 141 Å². The Morgan fingerprint density at radius 2 is 1.74 bits per heavy atom. The molecule has 0 radical (unpaired) electrons. The van der Waals surface area contributed by atoms with E-state index in [4.69, 9.17) is 14.5 Å². The van der Waals surface area contributed by atoms with Crippen molar-refractivity contribution >= 4 is 45.1 Å². The lowest BCUT2D eigenvalue weighted by Crippen LogP contribution is -2.39. The van der Waals surface area contributed by atoms with Gasteiger partial charge >= 0.3 is 0 Å². The molecule has 1 atom stereocenters. The van der Waals surface area contributed by atoms with E-state index in [-0.39, 0.29) is 28.9 Å². The molecule has 288 valence electrons. The molecule has 7 rings (SSSR count). The van der Waals surface area contributed by atoms with Gasteiger partial charge in [0.1, 0.15) is 5.75 Å². The number of hydrogen-bond donors (Lipinski definition) is 0. The van der Waals surface area contributed by atoms with Crippen molar-refractivity contribution in [2.75, 3.05) is 77.3 Å². The number of sulfone groups is 1. The van der Waals surface area contributed by atoms with E-state index in [1.165, 1.54) is 12.7 Å².